The molecule has 0 spiro atoms. The molecule has 0 radical (unpaired) electrons. The Morgan fingerprint density at radius 1 is 1.43 bits per heavy atom. The summed E-state index contributed by atoms with van der Waals surface area (Å²) in [6.45, 7) is 1.49. The van der Waals surface area contributed by atoms with Gasteiger partial charge < -0.3 is 14.6 Å². The fourth-order valence-corrected chi connectivity index (χ4v) is 1.20. The zero-order chi connectivity index (χ0) is 10.6. The first-order valence-corrected chi connectivity index (χ1v) is 4.39. The highest BCUT2D eigenvalue weighted by molar-refractivity contribution is 5.62. The number of carbonyl (C=O) groups excluding carboxylic acids is 1. The maximum Gasteiger partial charge on any atom is 0.151 e. The Labute approximate surface area is 83.3 Å². The Kier molecular flexibility index (Phi) is 3.25. The van der Waals surface area contributed by atoms with Crippen LogP contribution in [0.2, 0.25) is 0 Å². The SMILES string of the molecule is COc1ccc(CC(C)(O)C=O)cc1. The van der Waals surface area contributed by atoms with Crippen molar-refractivity contribution in [3.8, 4) is 5.75 Å². The predicted octanol–water partition coefficient (Wildman–Crippen LogP) is 1.19. The number of hydrogen-bond donors (Lipinski definition) is 1. The third-order valence-electron chi connectivity index (χ3n) is 1.97. The van der Waals surface area contributed by atoms with Gasteiger partial charge in [0.15, 0.2) is 6.29 Å². The van der Waals surface area contributed by atoms with Crippen molar-refractivity contribution < 1.29 is 14.6 Å². The molecule has 0 saturated carbocycles. The summed E-state index contributed by atoms with van der Waals surface area (Å²) in [6, 6.07) is 7.26. The van der Waals surface area contributed by atoms with Gasteiger partial charge in [0.25, 0.3) is 0 Å². The van der Waals surface area contributed by atoms with E-state index in [1.165, 1.54) is 6.92 Å². The van der Waals surface area contributed by atoms with Gasteiger partial charge in [-0.15, -0.1) is 0 Å². The molecule has 14 heavy (non-hydrogen) atoms. The Bertz CT molecular complexity index is 301. The first-order chi connectivity index (χ1) is 6.57. The molecule has 0 aliphatic rings. The minimum absolute atomic E-state index is 0.320. The van der Waals surface area contributed by atoms with E-state index >= 15 is 0 Å². The first kappa shape index (κ1) is 10.7. The van der Waals surface area contributed by atoms with Crippen LogP contribution in [0.5, 0.6) is 5.75 Å². The molecule has 0 aliphatic carbocycles. The molecule has 1 unspecified atom stereocenters. The highest BCUT2D eigenvalue weighted by Crippen LogP contribution is 2.15. The minimum Gasteiger partial charge on any atom is -0.497 e. The number of carbonyl (C=O) groups is 1. The van der Waals surface area contributed by atoms with Gasteiger partial charge in [0.2, 0.25) is 0 Å². The summed E-state index contributed by atoms with van der Waals surface area (Å²) in [5, 5.41) is 9.50. The van der Waals surface area contributed by atoms with Gasteiger partial charge in [0.05, 0.1) is 7.11 Å². The van der Waals surface area contributed by atoms with E-state index in [9.17, 15) is 9.90 Å². The molecule has 1 aromatic carbocycles. The lowest BCUT2D eigenvalue weighted by atomic mass is 9.98. The molecule has 0 heterocycles. The van der Waals surface area contributed by atoms with E-state index in [0.717, 1.165) is 11.3 Å². The molecule has 0 amide bonds. The monoisotopic (exact) mass is 194 g/mol. The van der Waals surface area contributed by atoms with Gasteiger partial charge >= 0.3 is 0 Å². The lowest BCUT2D eigenvalue weighted by molar-refractivity contribution is -0.122. The largest absolute Gasteiger partial charge is 0.497 e. The molecular formula is C11H14O3. The van der Waals surface area contributed by atoms with Crippen LogP contribution in [0.15, 0.2) is 24.3 Å². The molecule has 1 rings (SSSR count). The van der Waals surface area contributed by atoms with E-state index in [1.54, 1.807) is 19.2 Å². The van der Waals surface area contributed by atoms with Gasteiger partial charge in [-0.3, -0.25) is 0 Å². The van der Waals surface area contributed by atoms with Gasteiger partial charge in [-0.2, -0.15) is 0 Å². The minimum atomic E-state index is -1.28. The van der Waals surface area contributed by atoms with Crippen LogP contribution in [0, 0.1) is 0 Å². The molecule has 3 nitrogen and oxygen atoms in total. The highest BCUT2D eigenvalue weighted by atomic mass is 16.5. The molecule has 1 aromatic rings. The molecular weight excluding hydrogens is 180 g/mol. The zero-order valence-electron chi connectivity index (χ0n) is 8.36. The predicted molar refractivity (Wildman–Crippen MR) is 53.4 cm³/mol. The van der Waals surface area contributed by atoms with Crippen LogP contribution in [-0.4, -0.2) is 24.1 Å². The lowest BCUT2D eigenvalue weighted by Crippen LogP contribution is -2.28. The van der Waals surface area contributed by atoms with Crippen molar-refractivity contribution >= 4 is 6.29 Å². The van der Waals surface area contributed by atoms with Crippen molar-refractivity contribution in [1.29, 1.82) is 0 Å². The van der Waals surface area contributed by atoms with Gasteiger partial charge in [0.1, 0.15) is 11.4 Å². The van der Waals surface area contributed by atoms with E-state index in [0.29, 0.717) is 12.7 Å². The second-order valence-electron chi connectivity index (χ2n) is 3.50. The quantitative estimate of drug-likeness (QED) is 0.732. The molecule has 1 atom stereocenters. The number of hydrogen-bond acceptors (Lipinski definition) is 3. The molecule has 3 heteroatoms. The van der Waals surface area contributed by atoms with Crippen LogP contribution in [0.3, 0.4) is 0 Å². The van der Waals surface area contributed by atoms with Crippen molar-refractivity contribution in [2.45, 2.75) is 18.9 Å². The van der Waals surface area contributed by atoms with E-state index in [1.807, 2.05) is 12.1 Å². The number of rotatable bonds is 4. The van der Waals surface area contributed by atoms with E-state index < -0.39 is 5.60 Å². The Morgan fingerprint density at radius 3 is 2.43 bits per heavy atom. The van der Waals surface area contributed by atoms with Crippen LogP contribution >= 0.6 is 0 Å². The second kappa shape index (κ2) is 4.24. The molecule has 1 N–H and O–H groups in total. The van der Waals surface area contributed by atoms with Crippen molar-refractivity contribution in [2.24, 2.45) is 0 Å². The third kappa shape index (κ3) is 2.85. The molecule has 0 aromatic heterocycles. The number of ether oxygens (including phenoxy) is 1. The third-order valence-corrected chi connectivity index (χ3v) is 1.97. The summed E-state index contributed by atoms with van der Waals surface area (Å²) < 4.78 is 4.99. The van der Waals surface area contributed by atoms with Gasteiger partial charge in [-0.1, -0.05) is 12.1 Å². The van der Waals surface area contributed by atoms with E-state index in [2.05, 4.69) is 0 Å². The van der Waals surface area contributed by atoms with E-state index in [4.69, 9.17) is 4.74 Å². The molecule has 76 valence electrons. The maximum absolute atomic E-state index is 10.5. The molecule has 0 fully saturated rings. The van der Waals surface area contributed by atoms with Crippen molar-refractivity contribution in [2.75, 3.05) is 7.11 Å². The van der Waals surface area contributed by atoms with Crippen molar-refractivity contribution in [3.05, 3.63) is 29.8 Å². The van der Waals surface area contributed by atoms with Gasteiger partial charge in [-0.05, 0) is 24.6 Å². The average Bonchev–Trinajstić information content (AvgIpc) is 2.19. The highest BCUT2D eigenvalue weighted by Gasteiger charge is 2.19. The van der Waals surface area contributed by atoms with Crippen LogP contribution in [0.1, 0.15) is 12.5 Å². The summed E-state index contributed by atoms with van der Waals surface area (Å²) in [7, 11) is 1.59. The smallest absolute Gasteiger partial charge is 0.151 e. The van der Waals surface area contributed by atoms with E-state index in [-0.39, 0.29) is 0 Å². The number of methoxy groups -OCH3 is 1. The number of aldehydes is 1. The zero-order valence-corrected chi connectivity index (χ0v) is 8.36. The van der Waals surface area contributed by atoms with Crippen LogP contribution < -0.4 is 4.74 Å². The summed E-state index contributed by atoms with van der Waals surface area (Å²) in [5.74, 6) is 0.763. The molecule has 0 saturated heterocycles. The molecule has 0 bridgehead atoms. The Hall–Kier alpha value is -1.35. The topological polar surface area (TPSA) is 46.5 Å². The van der Waals surface area contributed by atoms with Crippen molar-refractivity contribution in [3.63, 3.8) is 0 Å². The number of aliphatic hydroxyl groups is 1. The average molecular weight is 194 g/mol. The van der Waals surface area contributed by atoms with Crippen LogP contribution in [0.4, 0.5) is 0 Å². The van der Waals surface area contributed by atoms with Gasteiger partial charge in [-0.25, -0.2) is 0 Å². The normalized spacial score (nSPS) is 14.5. The summed E-state index contributed by atoms with van der Waals surface area (Å²) in [4.78, 5) is 10.5. The Morgan fingerprint density at radius 2 is 2.00 bits per heavy atom. The lowest BCUT2D eigenvalue weighted by Gasteiger charge is -2.15. The van der Waals surface area contributed by atoms with Crippen LogP contribution in [-0.2, 0) is 11.2 Å². The molecule has 0 aliphatic heterocycles. The maximum atomic E-state index is 10.5. The summed E-state index contributed by atoms with van der Waals surface area (Å²) in [5.41, 5.74) is -0.378. The number of benzene rings is 1. The summed E-state index contributed by atoms with van der Waals surface area (Å²) in [6.07, 6.45) is 0.873. The Balaban J connectivity index is 2.73. The second-order valence-corrected chi connectivity index (χ2v) is 3.50. The van der Waals surface area contributed by atoms with Crippen LogP contribution in [0.25, 0.3) is 0 Å². The standard InChI is InChI=1S/C11H14O3/c1-11(13,8-12)7-9-3-5-10(14-2)6-4-9/h3-6,8,13H,7H2,1-2H3. The fourth-order valence-electron chi connectivity index (χ4n) is 1.20. The van der Waals surface area contributed by atoms with Gasteiger partial charge in [0, 0.05) is 6.42 Å². The first-order valence-electron chi connectivity index (χ1n) is 4.39. The van der Waals surface area contributed by atoms with Crippen molar-refractivity contribution in [1.82, 2.24) is 0 Å². The summed E-state index contributed by atoms with van der Waals surface area (Å²) >= 11 is 0. The fraction of sp³-hybridized carbons (Fsp3) is 0.364.